The number of aromatic nitrogens is 2. The fraction of sp³-hybridized carbons (Fsp3) is 0.429. The first kappa shape index (κ1) is 23.7. The number of nitrogens with two attached hydrogens (primary N) is 1. The molecule has 1 aromatic heterocycles. The van der Waals surface area contributed by atoms with Crippen molar-refractivity contribution in [3.8, 4) is 5.69 Å². The summed E-state index contributed by atoms with van der Waals surface area (Å²) in [6.07, 6.45) is 5.14. The van der Waals surface area contributed by atoms with E-state index in [1.165, 1.54) is 24.8 Å². The number of carbonyl (C=O) groups is 1. The van der Waals surface area contributed by atoms with Gasteiger partial charge in [-0.2, -0.15) is 5.10 Å². The lowest BCUT2D eigenvalue weighted by atomic mass is 9.97. The lowest BCUT2D eigenvalue weighted by Gasteiger charge is -2.35. The number of nitrogens with one attached hydrogen (secondary N) is 1. The van der Waals surface area contributed by atoms with Gasteiger partial charge < -0.3 is 15.8 Å². The first-order valence-corrected chi connectivity index (χ1v) is 12.7. The SMILES string of the molecule is Cc1cc(C(=O)Nc2cccc(C(CCC3CC3)N3CCOCC3)c2)n(-c2cccc(CN)c2)n1. The van der Waals surface area contributed by atoms with Gasteiger partial charge in [0.05, 0.1) is 24.6 Å². The number of anilines is 1. The zero-order valence-electron chi connectivity index (χ0n) is 20.5. The van der Waals surface area contributed by atoms with Crippen molar-refractivity contribution < 1.29 is 9.53 Å². The van der Waals surface area contributed by atoms with E-state index in [0.717, 1.165) is 61.3 Å². The largest absolute Gasteiger partial charge is 0.379 e. The van der Waals surface area contributed by atoms with E-state index in [1.807, 2.05) is 49.4 Å². The molecule has 1 saturated carbocycles. The van der Waals surface area contributed by atoms with E-state index >= 15 is 0 Å². The summed E-state index contributed by atoms with van der Waals surface area (Å²) in [4.78, 5) is 15.9. The third kappa shape index (κ3) is 5.81. The Kier molecular flexibility index (Phi) is 7.27. The second-order valence-electron chi connectivity index (χ2n) is 9.72. The molecule has 0 bridgehead atoms. The molecule has 0 radical (unpaired) electrons. The molecule has 2 fully saturated rings. The number of rotatable bonds is 9. The molecule has 3 N–H and O–H groups in total. The van der Waals surface area contributed by atoms with Crippen LogP contribution in [0.1, 0.15) is 59.0 Å². The molecule has 35 heavy (non-hydrogen) atoms. The number of hydrogen-bond donors (Lipinski definition) is 2. The molecule has 5 rings (SSSR count). The summed E-state index contributed by atoms with van der Waals surface area (Å²) in [6.45, 7) is 5.80. The van der Waals surface area contributed by atoms with Gasteiger partial charge in [-0.3, -0.25) is 9.69 Å². The zero-order valence-corrected chi connectivity index (χ0v) is 20.5. The first-order chi connectivity index (χ1) is 17.1. The zero-order chi connectivity index (χ0) is 24.2. The Balaban J connectivity index is 1.36. The van der Waals surface area contributed by atoms with Crippen LogP contribution >= 0.6 is 0 Å². The van der Waals surface area contributed by atoms with E-state index in [4.69, 9.17) is 10.5 Å². The molecule has 1 aliphatic heterocycles. The molecule has 7 heteroatoms. The number of benzene rings is 2. The van der Waals surface area contributed by atoms with Crippen LogP contribution in [0.2, 0.25) is 0 Å². The summed E-state index contributed by atoms with van der Waals surface area (Å²) >= 11 is 0. The van der Waals surface area contributed by atoms with Gasteiger partial charge >= 0.3 is 0 Å². The molecule has 1 amide bonds. The standard InChI is InChI=1S/C28H35N5O2/c1-20-16-27(33(31-20)25-7-2-4-22(17-25)19-29)28(34)30-24-6-3-5-23(18-24)26(11-10-21-8-9-21)32-12-14-35-15-13-32/h2-7,16-18,21,26H,8-15,19,29H2,1H3,(H,30,34). The molecule has 1 aliphatic carbocycles. The molecular formula is C28H35N5O2. The second-order valence-corrected chi connectivity index (χ2v) is 9.72. The number of carbonyl (C=O) groups excluding carboxylic acids is 1. The Morgan fingerprint density at radius 2 is 1.94 bits per heavy atom. The summed E-state index contributed by atoms with van der Waals surface area (Å²) in [5, 5.41) is 7.69. The minimum atomic E-state index is -0.179. The van der Waals surface area contributed by atoms with Crippen LogP contribution in [0.25, 0.3) is 5.69 Å². The number of amides is 1. The van der Waals surface area contributed by atoms with E-state index < -0.39 is 0 Å². The number of aryl methyl sites for hydroxylation is 1. The van der Waals surface area contributed by atoms with Crippen molar-refractivity contribution in [2.24, 2.45) is 11.7 Å². The third-order valence-corrected chi connectivity index (χ3v) is 7.02. The average molecular weight is 474 g/mol. The van der Waals surface area contributed by atoms with Crippen molar-refractivity contribution in [2.75, 3.05) is 31.6 Å². The van der Waals surface area contributed by atoms with Crippen molar-refractivity contribution in [3.05, 3.63) is 77.1 Å². The molecule has 1 atom stereocenters. The van der Waals surface area contributed by atoms with Crippen molar-refractivity contribution in [3.63, 3.8) is 0 Å². The molecular weight excluding hydrogens is 438 g/mol. The van der Waals surface area contributed by atoms with Crippen LogP contribution in [0.15, 0.2) is 54.6 Å². The van der Waals surface area contributed by atoms with Gasteiger partial charge in [0.1, 0.15) is 5.69 Å². The van der Waals surface area contributed by atoms with Gasteiger partial charge in [0.25, 0.3) is 5.91 Å². The number of morpholine rings is 1. The van der Waals surface area contributed by atoms with Crippen LogP contribution in [0, 0.1) is 12.8 Å². The normalized spacial score (nSPS) is 17.3. The summed E-state index contributed by atoms with van der Waals surface area (Å²) in [7, 11) is 0. The van der Waals surface area contributed by atoms with Crippen LogP contribution in [0.4, 0.5) is 5.69 Å². The van der Waals surface area contributed by atoms with Crippen molar-refractivity contribution in [1.29, 1.82) is 0 Å². The highest BCUT2D eigenvalue weighted by Crippen LogP contribution is 2.38. The highest BCUT2D eigenvalue weighted by Gasteiger charge is 2.27. The fourth-order valence-electron chi connectivity index (χ4n) is 4.94. The number of hydrogen-bond acceptors (Lipinski definition) is 5. The van der Waals surface area contributed by atoms with Gasteiger partial charge in [-0.25, -0.2) is 4.68 Å². The number of ether oxygens (including phenoxy) is 1. The van der Waals surface area contributed by atoms with Crippen molar-refractivity contribution >= 4 is 11.6 Å². The Hall–Kier alpha value is -3.00. The minimum Gasteiger partial charge on any atom is -0.379 e. The number of nitrogens with zero attached hydrogens (tertiary/aromatic N) is 3. The third-order valence-electron chi connectivity index (χ3n) is 7.02. The van der Waals surface area contributed by atoms with Crippen LogP contribution in [-0.2, 0) is 11.3 Å². The van der Waals surface area contributed by atoms with E-state index in [-0.39, 0.29) is 5.91 Å². The molecule has 7 nitrogen and oxygen atoms in total. The molecule has 184 valence electrons. The van der Waals surface area contributed by atoms with Gasteiger partial charge in [0.2, 0.25) is 0 Å². The van der Waals surface area contributed by atoms with Gasteiger partial charge in [-0.15, -0.1) is 0 Å². The lowest BCUT2D eigenvalue weighted by Crippen LogP contribution is -2.39. The monoisotopic (exact) mass is 473 g/mol. The lowest BCUT2D eigenvalue weighted by molar-refractivity contribution is 0.0135. The maximum atomic E-state index is 13.4. The van der Waals surface area contributed by atoms with Crippen molar-refractivity contribution in [1.82, 2.24) is 14.7 Å². The summed E-state index contributed by atoms with van der Waals surface area (Å²) in [6, 6.07) is 18.3. The Bertz CT molecular complexity index is 1160. The topological polar surface area (TPSA) is 85.4 Å². The van der Waals surface area contributed by atoms with Crippen LogP contribution in [-0.4, -0.2) is 46.9 Å². The smallest absolute Gasteiger partial charge is 0.274 e. The average Bonchev–Trinajstić information content (AvgIpc) is 3.63. The van der Waals surface area contributed by atoms with Gasteiger partial charge in [-0.1, -0.05) is 37.1 Å². The highest BCUT2D eigenvalue weighted by atomic mass is 16.5. The Morgan fingerprint density at radius 1 is 1.14 bits per heavy atom. The fourth-order valence-corrected chi connectivity index (χ4v) is 4.94. The predicted molar refractivity (Wildman–Crippen MR) is 138 cm³/mol. The Morgan fingerprint density at radius 3 is 2.71 bits per heavy atom. The Labute approximate surface area is 207 Å². The minimum absolute atomic E-state index is 0.179. The van der Waals surface area contributed by atoms with Crippen LogP contribution in [0.3, 0.4) is 0 Å². The molecule has 1 saturated heterocycles. The molecule has 3 aromatic rings. The van der Waals surface area contributed by atoms with E-state index in [0.29, 0.717) is 18.3 Å². The van der Waals surface area contributed by atoms with Crippen molar-refractivity contribution in [2.45, 2.75) is 45.2 Å². The maximum absolute atomic E-state index is 13.4. The molecule has 2 aliphatic rings. The molecule has 2 aromatic carbocycles. The van der Waals surface area contributed by atoms with Crippen LogP contribution in [0.5, 0.6) is 0 Å². The molecule has 0 spiro atoms. The predicted octanol–water partition coefficient (Wildman–Crippen LogP) is 4.46. The molecule has 2 heterocycles. The summed E-state index contributed by atoms with van der Waals surface area (Å²) in [5.41, 5.74) is 11.0. The quantitative estimate of drug-likeness (QED) is 0.479. The van der Waals surface area contributed by atoms with Gasteiger partial charge in [0.15, 0.2) is 0 Å². The van der Waals surface area contributed by atoms with E-state index in [9.17, 15) is 4.79 Å². The van der Waals surface area contributed by atoms with Crippen LogP contribution < -0.4 is 11.1 Å². The van der Waals surface area contributed by atoms with E-state index in [1.54, 1.807) is 4.68 Å². The summed E-state index contributed by atoms with van der Waals surface area (Å²) < 4.78 is 7.29. The van der Waals surface area contributed by atoms with E-state index in [2.05, 4.69) is 27.4 Å². The maximum Gasteiger partial charge on any atom is 0.274 e. The first-order valence-electron chi connectivity index (χ1n) is 12.7. The second kappa shape index (κ2) is 10.7. The van der Waals surface area contributed by atoms with Gasteiger partial charge in [-0.05, 0) is 67.1 Å². The highest BCUT2D eigenvalue weighted by molar-refractivity contribution is 6.03. The van der Waals surface area contributed by atoms with Gasteiger partial charge in [0, 0.05) is 31.4 Å². The summed E-state index contributed by atoms with van der Waals surface area (Å²) in [5.74, 6) is 0.713. The molecule has 1 unspecified atom stereocenters.